The molecule has 6 heteroatoms. The number of hydrogen-bond acceptors (Lipinski definition) is 3. The number of halogens is 2. The van der Waals surface area contributed by atoms with E-state index in [1.54, 1.807) is 0 Å². The Bertz CT molecular complexity index is 449. The molecule has 0 aliphatic heterocycles. The number of primary amides is 1. The Hall–Kier alpha value is -1.53. The highest BCUT2D eigenvalue weighted by molar-refractivity contribution is 5.93. The van der Waals surface area contributed by atoms with E-state index in [-0.39, 0.29) is 18.0 Å². The molecule has 18 heavy (non-hydrogen) atoms. The molecule has 1 atom stereocenters. The minimum atomic E-state index is -1.20. The molecule has 0 spiro atoms. The molecule has 1 aromatic rings. The van der Waals surface area contributed by atoms with Crippen LogP contribution in [0.2, 0.25) is 0 Å². The number of rotatable bonds is 5. The smallest absolute Gasteiger partial charge is 0.251 e. The first-order chi connectivity index (χ1) is 8.38. The van der Waals surface area contributed by atoms with Gasteiger partial charge in [-0.25, -0.2) is 8.78 Å². The molecule has 0 radical (unpaired) electrons. The average Bonchev–Trinajstić information content (AvgIpc) is 2.30. The van der Waals surface area contributed by atoms with Gasteiger partial charge >= 0.3 is 0 Å². The van der Waals surface area contributed by atoms with Gasteiger partial charge in [-0.2, -0.15) is 0 Å². The fourth-order valence-corrected chi connectivity index (χ4v) is 1.67. The fourth-order valence-electron chi connectivity index (χ4n) is 1.67. The zero-order valence-corrected chi connectivity index (χ0v) is 10.4. The third-order valence-electron chi connectivity index (χ3n) is 2.89. The number of nitrogens with two attached hydrogens (primary N) is 2. The van der Waals surface area contributed by atoms with Gasteiger partial charge in [0.15, 0.2) is 11.6 Å². The van der Waals surface area contributed by atoms with E-state index in [0.717, 1.165) is 0 Å². The number of nitrogens with zero attached hydrogens (tertiary/aromatic N) is 1. The number of carbonyl (C=O) groups is 1. The van der Waals surface area contributed by atoms with Crippen molar-refractivity contribution in [3.05, 3.63) is 34.9 Å². The molecule has 1 amide bonds. The molecule has 0 bridgehead atoms. The van der Waals surface area contributed by atoms with E-state index in [2.05, 4.69) is 0 Å². The first-order valence-corrected chi connectivity index (χ1v) is 5.51. The van der Waals surface area contributed by atoms with Gasteiger partial charge in [0.1, 0.15) is 0 Å². The molecule has 4 nitrogen and oxygen atoms in total. The van der Waals surface area contributed by atoms with E-state index in [4.69, 9.17) is 11.5 Å². The van der Waals surface area contributed by atoms with Crippen molar-refractivity contribution in [1.29, 1.82) is 0 Å². The molecule has 0 aromatic heterocycles. The lowest BCUT2D eigenvalue weighted by atomic mass is 10.0. The number of carbonyl (C=O) groups excluding carboxylic acids is 1. The topological polar surface area (TPSA) is 72.3 Å². The zero-order valence-electron chi connectivity index (χ0n) is 10.4. The van der Waals surface area contributed by atoms with Crippen LogP contribution in [0.5, 0.6) is 0 Å². The maximum atomic E-state index is 13.7. The van der Waals surface area contributed by atoms with Crippen molar-refractivity contribution in [2.45, 2.75) is 12.5 Å². The maximum Gasteiger partial charge on any atom is 0.251 e. The molecule has 0 fully saturated rings. The van der Waals surface area contributed by atoms with Crippen LogP contribution >= 0.6 is 0 Å². The maximum absolute atomic E-state index is 13.7. The van der Waals surface area contributed by atoms with E-state index in [9.17, 15) is 13.6 Å². The summed E-state index contributed by atoms with van der Waals surface area (Å²) in [7, 11) is 3.62. The summed E-state index contributed by atoms with van der Waals surface area (Å²) < 4.78 is 27.3. The van der Waals surface area contributed by atoms with Gasteiger partial charge in [-0.15, -0.1) is 0 Å². The van der Waals surface area contributed by atoms with Crippen LogP contribution in [-0.4, -0.2) is 37.5 Å². The molecule has 1 unspecified atom stereocenters. The van der Waals surface area contributed by atoms with Crippen molar-refractivity contribution in [3.8, 4) is 0 Å². The Morgan fingerprint density at radius 2 is 1.94 bits per heavy atom. The van der Waals surface area contributed by atoms with Crippen LogP contribution in [0.1, 0.15) is 15.9 Å². The first kappa shape index (κ1) is 14.5. The highest BCUT2D eigenvalue weighted by atomic mass is 19.2. The predicted octanol–water partition coefficient (Wildman–Crippen LogP) is 0.495. The SMILES string of the molecule is CN(C)C(CN)Cc1ccc(C(N)=O)c(F)c1F. The average molecular weight is 257 g/mol. The van der Waals surface area contributed by atoms with Crippen LogP contribution in [0, 0.1) is 11.6 Å². The van der Waals surface area contributed by atoms with Gasteiger partial charge in [-0.3, -0.25) is 4.79 Å². The van der Waals surface area contributed by atoms with E-state index >= 15 is 0 Å². The number of likely N-dealkylation sites (N-methyl/N-ethyl adjacent to an activating group) is 1. The van der Waals surface area contributed by atoms with Gasteiger partial charge in [0, 0.05) is 12.6 Å². The second kappa shape index (κ2) is 5.88. The second-order valence-electron chi connectivity index (χ2n) is 4.32. The third kappa shape index (κ3) is 3.02. The Morgan fingerprint density at radius 1 is 1.33 bits per heavy atom. The van der Waals surface area contributed by atoms with Gasteiger partial charge in [-0.05, 0) is 32.1 Å². The minimum Gasteiger partial charge on any atom is -0.366 e. The summed E-state index contributed by atoms with van der Waals surface area (Å²) in [6, 6.07) is 2.46. The monoisotopic (exact) mass is 257 g/mol. The third-order valence-corrected chi connectivity index (χ3v) is 2.89. The molecule has 0 saturated heterocycles. The van der Waals surface area contributed by atoms with Crippen LogP contribution in [-0.2, 0) is 6.42 Å². The molecule has 100 valence electrons. The van der Waals surface area contributed by atoms with Gasteiger partial charge < -0.3 is 16.4 Å². The van der Waals surface area contributed by atoms with E-state index in [0.29, 0.717) is 6.54 Å². The van der Waals surface area contributed by atoms with Crippen LogP contribution in [0.25, 0.3) is 0 Å². The molecule has 0 saturated carbocycles. The summed E-state index contributed by atoms with van der Waals surface area (Å²) >= 11 is 0. The van der Waals surface area contributed by atoms with Crippen molar-refractivity contribution in [2.24, 2.45) is 11.5 Å². The zero-order chi connectivity index (χ0) is 13.9. The van der Waals surface area contributed by atoms with Crippen LogP contribution in [0.4, 0.5) is 8.78 Å². The molecule has 0 heterocycles. The second-order valence-corrected chi connectivity index (χ2v) is 4.32. The standard InChI is InChI=1S/C12H17F2N3O/c1-17(2)8(6-15)5-7-3-4-9(12(16)18)11(14)10(7)13/h3-4,8H,5-6,15H2,1-2H3,(H2,16,18). The van der Waals surface area contributed by atoms with Gasteiger partial charge in [-0.1, -0.05) is 6.07 Å². The molecular formula is C12H17F2N3O. The normalized spacial score (nSPS) is 12.8. The van der Waals surface area contributed by atoms with E-state index in [1.807, 2.05) is 19.0 Å². The van der Waals surface area contributed by atoms with E-state index in [1.165, 1.54) is 12.1 Å². The van der Waals surface area contributed by atoms with Gasteiger partial charge in [0.25, 0.3) is 5.91 Å². The summed E-state index contributed by atoms with van der Waals surface area (Å²) in [4.78, 5) is 12.7. The first-order valence-electron chi connectivity index (χ1n) is 5.51. The summed E-state index contributed by atoms with van der Waals surface area (Å²) in [5.74, 6) is -3.22. The minimum absolute atomic E-state index is 0.0988. The van der Waals surface area contributed by atoms with Crippen LogP contribution in [0.15, 0.2) is 12.1 Å². The lowest BCUT2D eigenvalue weighted by Crippen LogP contribution is -2.37. The number of benzene rings is 1. The lowest BCUT2D eigenvalue weighted by Gasteiger charge is -2.23. The number of amides is 1. The predicted molar refractivity (Wildman–Crippen MR) is 65.1 cm³/mol. The molecule has 1 aromatic carbocycles. The summed E-state index contributed by atoms with van der Waals surface area (Å²) in [6.07, 6.45) is 0.269. The van der Waals surface area contributed by atoms with Gasteiger partial charge in [0.2, 0.25) is 0 Å². The largest absolute Gasteiger partial charge is 0.366 e. The van der Waals surface area contributed by atoms with Crippen molar-refractivity contribution in [1.82, 2.24) is 4.90 Å². The van der Waals surface area contributed by atoms with Crippen molar-refractivity contribution in [3.63, 3.8) is 0 Å². The molecule has 4 N–H and O–H groups in total. The molecule has 1 rings (SSSR count). The van der Waals surface area contributed by atoms with Crippen LogP contribution in [0.3, 0.4) is 0 Å². The molecular weight excluding hydrogens is 240 g/mol. The quantitative estimate of drug-likeness (QED) is 0.806. The van der Waals surface area contributed by atoms with Crippen molar-refractivity contribution in [2.75, 3.05) is 20.6 Å². The van der Waals surface area contributed by atoms with Crippen molar-refractivity contribution < 1.29 is 13.6 Å². The number of hydrogen-bond donors (Lipinski definition) is 2. The lowest BCUT2D eigenvalue weighted by molar-refractivity contribution is 0.0995. The fraction of sp³-hybridized carbons (Fsp3) is 0.417. The Balaban J connectivity index is 3.05. The molecule has 0 aliphatic rings. The van der Waals surface area contributed by atoms with Crippen molar-refractivity contribution >= 4 is 5.91 Å². The Morgan fingerprint density at radius 3 is 2.39 bits per heavy atom. The molecule has 0 aliphatic carbocycles. The van der Waals surface area contributed by atoms with Gasteiger partial charge in [0.05, 0.1) is 5.56 Å². The summed E-state index contributed by atoms with van der Waals surface area (Å²) in [5.41, 5.74) is 10.2. The highest BCUT2D eigenvalue weighted by Crippen LogP contribution is 2.18. The Kier molecular flexibility index (Phi) is 4.75. The highest BCUT2D eigenvalue weighted by Gasteiger charge is 2.19. The van der Waals surface area contributed by atoms with Crippen LogP contribution < -0.4 is 11.5 Å². The summed E-state index contributed by atoms with van der Waals surface area (Å²) in [6.45, 7) is 0.325. The summed E-state index contributed by atoms with van der Waals surface area (Å²) in [5, 5.41) is 0. The Labute approximate surface area is 105 Å². The van der Waals surface area contributed by atoms with E-state index < -0.39 is 23.1 Å².